The smallest absolute Gasteiger partial charge is 0.323 e. The minimum absolute atomic E-state index is 0.129. The number of rotatable bonds is 3. The van der Waals surface area contributed by atoms with Gasteiger partial charge >= 0.3 is 6.03 Å². The van der Waals surface area contributed by atoms with Gasteiger partial charge in [0.25, 0.3) is 0 Å². The van der Waals surface area contributed by atoms with Crippen molar-refractivity contribution in [3.05, 3.63) is 82.8 Å². The van der Waals surface area contributed by atoms with E-state index in [0.717, 1.165) is 22.5 Å². The molecule has 0 spiro atoms. The number of hydrogen-bond acceptors (Lipinski definition) is 4. The number of anilines is 3. The Balaban J connectivity index is 1.51. The summed E-state index contributed by atoms with van der Waals surface area (Å²) < 4.78 is 13.8. The van der Waals surface area contributed by atoms with E-state index in [2.05, 4.69) is 26.6 Å². The van der Waals surface area contributed by atoms with Gasteiger partial charge in [-0.05, 0) is 54.3 Å². The topological polar surface area (TPSA) is 81.1 Å². The number of aromatic nitrogens is 1. The number of carbonyl (C=O) groups is 1. The number of nitrogens with one attached hydrogen (secondary N) is 2. The van der Waals surface area contributed by atoms with Crippen molar-refractivity contribution >= 4 is 23.2 Å². The van der Waals surface area contributed by atoms with Gasteiger partial charge < -0.3 is 15.5 Å². The van der Waals surface area contributed by atoms with E-state index in [1.807, 2.05) is 37.3 Å². The highest BCUT2D eigenvalue weighted by molar-refractivity contribution is 6.00. The Hall–Kier alpha value is -3.92. The van der Waals surface area contributed by atoms with Crippen LogP contribution >= 0.6 is 0 Å². The van der Waals surface area contributed by atoms with Crippen LogP contribution in [0.2, 0.25) is 0 Å². The predicted octanol–water partition coefficient (Wildman–Crippen LogP) is 4.61. The Labute approximate surface area is 174 Å². The SMILES string of the molecule is Cc1ccc(N2CCc3c(cccc3NC(=O)Nc3ccccc3F)C2)nc1C#N. The molecule has 1 aliphatic rings. The van der Waals surface area contributed by atoms with Crippen LogP contribution in [0.4, 0.5) is 26.4 Å². The van der Waals surface area contributed by atoms with Gasteiger partial charge in [0.1, 0.15) is 23.4 Å². The summed E-state index contributed by atoms with van der Waals surface area (Å²) in [6.45, 7) is 3.20. The number of carbonyl (C=O) groups excluding carboxylic acids is 1. The summed E-state index contributed by atoms with van der Waals surface area (Å²) >= 11 is 0. The first-order valence-corrected chi connectivity index (χ1v) is 9.61. The van der Waals surface area contributed by atoms with Gasteiger partial charge in [-0.3, -0.25) is 0 Å². The van der Waals surface area contributed by atoms with Crippen LogP contribution < -0.4 is 15.5 Å². The summed E-state index contributed by atoms with van der Waals surface area (Å²) in [5, 5.41) is 14.6. The fourth-order valence-corrected chi connectivity index (χ4v) is 3.57. The predicted molar refractivity (Wildman–Crippen MR) is 114 cm³/mol. The second-order valence-electron chi connectivity index (χ2n) is 7.12. The summed E-state index contributed by atoms with van der Waals surface area (Å²) in [5.41, 5.74) is 4.24. The molecule has 1 aliphatic heterocycles. The Kier molecular flexibility index (Phi) is 5.31. The second kappa shape index (κ2) is 8.21. The van der Waals surface area contributed by atoms with Crippen molar-refractivity contribution in [2.45, 2.75) is 19.9 Å². The zero-order valence-electron chi connectivity index (χ0n) is 16.4. The molecule has 3 aromatic rings. The molecule has 0 unspecified atom stereocenters. The quantitative estimate of drug-likeness (QED) is 0.672. The molecule has 30 heavy (non-hydrogen) atoms. The van der Waals surface area contributed by atoms with Crippen LogP contribution in [0.15, 0.2) is 54.6 Å². The number of urea groups is 1. The Bertz CT molecular complexity index is 1150. The molecule has 0 radical (unpaired) electrons. The van der Waals surface area contributed by atoms with E-state index in [-0.39, 0.29) is 5.69 Å². The number of aryl methyl sites for hydroxylation is 1. The van der Waals surface area contributed by atoms with Crippen LogP contribution in [0.25, 0.3) is 0 Å². The molecule has 2 heterocycles. The number of nitriles is 1. The zero-order chi connectivity index (χ0) is 21.1. The van der Waals surface area contributed by atoms with E-state index < -0.39 is 11.8 Å². The molecule has 0 aliphatic carbocycles. The molecule has 7 heteroatoms. The number of nitrogens with zero attached hydrogens (tertiary/aromatic N) is 3. The molecule has 0 saturated carbocycles. The molecule has 1 aromatic heterocycles. The maximum Gasteiger partial charge on any atom is 0.323 e. The average Bonchev–Trinajstić information content (AvgIpc) is 2.75. The summed E-state index contributed by atoms with van der Waals surface area (Å²) in [7, 11) is 0. The summed E-state index contributed by atoms with van der Waals surface area (Å²) in [4.78, 5) is 18.9. The normalized spacial score (nSPS) is 12.6. The van der Waals surface area contributed by atoms with Crippen LogP contribution in [0, 0.1) is 24.1 Å². The molecule has 0 fully saturated rings. The van der Waals surface area contributed by atoms with Crippen LogP contribution in [0.5, 0.6) is 0 Å². The molecule has 4 rings (SSSR count). The van der Waals surface area contributed by atoms with E-state index in [4.69, 9.17) is 0 Å². The van der Waals surface area contributed by atoms with Crippen molar-refractivity contribution in [3.8, 4) is 6.07 Å². The summed E-state index contributed by atoms with van der Waals surface area (Å²) in [6, 6.07) is 17.2. The van der Waals surface area contributed by atoms with Crippen molar-refractivity contribution < 1.29 is 9.18 Å². The van der Waals surface area contributed by atoms with Gasteiger partial charge in [0.05, 0.1) is 5.69 Å². The van der Waals surface area contributed by atoms with Crippen molar-refractivity contribution in [2.24, 2.45) is 0 Å². The Morgan fingerprint density at radius 2 is 1.87 bits per heavy atom. The molecule has 2 N–H and O–H groups in total. The van der Waals surface area contributed by atoms with E-state index in [1.54, 1.807) is 12.1 Å². The van der Waals surface area contributed by atoms with Crippen molar-refractivity contribution in [2.75, 3.05) is 22.1 Å². The number of amides is 2. The highest BCUT2D eigenvalue weighted by atomic mass is 19.1. The van der Waals surface area contributed by atoms with Crippen LogP contribution in [0.1, 0.15) is 22.4 Å². The first kappa shape index (κ1) is 19.4. The van der Waals surface area contributed by atoms with Gasteiger partial charge in [-0.1, -0.05) is 30.3 Å². The van der Waals surface area contributed by atoms with Crippen LogP contribution in [-0.4, -0.2) is 17.6 Å². The zero-order valence-corrected chi connectivity index (χ0v) is 16.4. The lowest BCUT2D eigenvalue weighted by Gasteiger charge is -2.31. The van der Waals surface area contributed by atoms with Crippen molar-refractivity contribution in [1.82, 2.24) is 4.98 Å². The van der Waals surface area contributed by atoms with Crippen LogP contribution in [0.3, 0.4) is 0 Å². The van der Waals surface area contributed by atoms with Gasteiger partial charge in [-0.15, -0.1) is 0 Å². The van der Waals surface area contributed by atoms with Gasteiger partial charge in [-0.25, -0.2) is 14.2 Å². The number of benzene rings is 2. The molecule has 0 saturated heterocycles. The minimum atomic E-state index is -0.491. The first-order valence-electron chi connectivity index (χ1n) is 9.61. The van der Waals surface area contributed by atoms with Gasteiger partial charge in [0, 0.05) is 18.8 Å². The van der Waals surface area contributed by atoms with E-state index in [9.17, 15) is 14.4 Å². The van der Waals surface area contributed by atoms with Gasteiger partial charge in [-0.2, -0.15) is 5.26 Å². The third-order valence-electron chi connectivity index (χ3n) is 5.15. The fraction of sp³-hybridized carbons (Fsp3) is 0.174. The number of halogens is 1. The molecule has 2 aromatic carbocycles. The van der Waals surface area contributed by atoms with Gasteiger partial charge in [0.2, 0.25) is 0 Å². The number of hydrogen-bond donors (Lipinski definition) is 2. The summed E-state index contributed by atoms with van der Waals surface area (Å²) in [5.74, 6) is 0.277. The van der Waals surface area contributed by atoms with Gasteiger partial charge in [0.15, 0.2) is 0 Å². The lowest BCUT2D eigenvalue weighted by Crippen LogP contribution is -2.32. The molecule has 0 bridgehead atoms. The van der Waals surface area contributed by atoms with E-state index in [1.165, 1.54) is 12.1 Å². The molecule has 2 amide bonds. The second-order valence-corrected chi connectivity index (χ2v) is 7.12. The number of fused-ring (bicyclic) bond motifs is 1. The number of para-hydroxylation sites is 1. The molecule has 6 nitrogen and oxygen atoms in total. The monoisotopic (exact) mass is 401 g/mol. The van der Waals surface area contributed by atoms with E-state index >= 15 is 0 Å². The Morgan fingerprint density at radius 1 is 1.10 bits per heavy atom. The van der Waals surface area contributed by atoms with Crippen LogP contribution in [-0.2, 0) is 13.0 Å². The third-order valence-corrected chi connectivity index (χ3v) is 5.15. The maximum atomic E-state index is 13.8. The standard InChI is InChI=1S/C23H20FN5O/c1-15-9-10-22(26-21(15)13-25)29-12-11-17-16(14-29)5-4-8-19(17)27-23(30)28-20-7-3-2-6-18(20)24/h2-10H,11-12,14H2,1H3,(H2,27,28,30). The number of pyridine rings is 1. The molecular weight excluding hydrogens is 381 g/mol. The van der Waals surface area contributed by atoms with Crippen molar-refractivity contribution in [1.29, 1.82) is 5.26 Å². The highest BCUT2D eigenvalue weighted by Gasteiger charge is 2.21. The van der Waals surface area contributed by atoms with Crippen molar-refractivity contribution in [3.63, 3.8) is 0 Å². The maximum absolute atomic E-state index is 13.8. The molecular formula is C23H20FN5O. The fourth-order valence-electron chi connectivity index (χ4n) is 3.57. The minimum Gasteiger partial charge on any atom is -0.352 e. The average molecular weight is 401 g/mol. The molecule has 0 atom stereocenters. The highest BCUT2D eigenvalue weighted by Crippen LogP contribution is 2.29. The molecule has 150 valence electrons. The lowest BCUT2D eigenvalue weighted by molar-refractivity contribution is 0.262. The summed E-state index contributed by atoms with van der Waals surface area (Å²) in [6.07, 6.45) is 0.711. The first-order chi connectivity index (χ1) is 14.5. The Morgan fingerprint density at radius 3 is 2.67 bits per heavy atom. The van der Waals surface area contributed by atoms with E-state index in [0.29, 0.717) is 30.9 Å². The largest absolute Gasteiger partial charge is 0.352 e. The third kappa shape index (κ3) is 3.94. The lowest BCUT2D eigenvalue weighted by atomic mass is 9.97.